The molecule has 1 aromatic rings. The van der Waals surface area contributed by atoms with E-state index in [1.807, 2.05) is 0 Å². The lowest BCUT2D eigenvalue weighted by atomic mass is 10.1. The minimum atomic E-state index is 0. The first-order valence-corrected chi connectivity index (χ1v) is 6.36. The fourth-order valence-corrected chi connectivity index (χ4v) is 2.07. The van der Waals surface area contributed by atoms with Crippen LogP contribution in [0.15, 0.2) is 23.1 Å². The van der Waals surface area contributed by atoms with Crippen molar-refractivity contribution in [1.29, 1.82) is 0 Å². The molecule has 0 fully saturated rings. The van der Waals surface area contributed by atoms with Crippen LogP contribution >= 0.6 is 0 Å². The maximum Gasteiger partial charge on any atom is 0.154 e. The van der Waals surface area contributed by atoms with Crippen LogP contribution in [-0.4, -0.2) is 12.5 Å². The molecule has 1 aromatic carbocycles. The number of aryl methyl sites for hydroxylation is 2. The van der Waals surface area contributed by atoms with Crippen molar-refractivity contribution >= 4 is 10.9 Å². The summed E-state index contributed by atoms with van der Waals surface area (Å²) < 4.78 is 0. The van der Waals surface area contributed by atoms with E-state index in [-0.39, 0.29) is 7.43 Å². The molecule has 0 saturated heterocycles. The van der Waals surface area contributed by atoms with Gasteiger partial charge in [-0.2, -0.15) is 0 Å². The second-order valence-electron chi connectivity index (χ2n) is 3.26. The van der Waals surface area contributed by atoms with Crippen LogP contribution in [0.4, 0.5) is 0 Å². The average molecular weight is 196 g/mol. The monoisotopic (exact) mass is 196 g/mol. The van der Waals surface area contributed by atoms with Crippen molar-refractivity contribution in [2.24, 2.45) is 0 Å². The smallest absolute Gasteiger partial charge is 0.154 e. The highest BCUT2D eigenvalue weighted by Gasteiger charge is 2.08. The molecule has 1 rings (SSSR count). The van der Waals surface area contributed by atoms with Gasteiger partial charge in [0.05, 0.1) is 0 Å². The molecule has 0 heterocycles. The van der Waals surface area contributed by atoms with Crippen molar-refractivity contribution in [3.63, 3.8) is 0 Å². The van der Waals surface area contributed by atoms with Gasteiger partial charge in [-0.3, -0.25) is 0 Å². The van der Waals surface area contributed by atoms with Crippen molar-refractivity contribution in [2.45, 2.75) is 25.2 Å². The van der Waals surface area contributed by atoms with Crippen LogP contribution in [0.2, 0.25) is 0 Å². The van der Waals surface area contributed by atoms with Gasteiger partial charge in [-0.25, -0.2) is 0 Å². The van der Waals surface area contributed by atoms with E-state index >= 15 is 0 Å². The summed E-state index contributed by atoms with van der Waals surface area (Å²) in [5.74, 6) is 0. The molecule has 0 aromatic heterocycles. The number of benzene rings is 1. The first kappa shape index (κ1) is 12.6. The highest BCUT2D eigenvalue weighted by Crippen LogP contribution is 2.15. The third-order valence-corrected chi connectivity index (χ3v) is 3.36. The molecule has 0 spiro atoms. The molecular weight excluding hydrogens is 176 g/mol. The van der Waals surface area contributed by atoms with Gasteiger partial charge in [0.1, 0.15) is 12.5 Å². The van der Waals surface area contributed by atoms with E-state index in [0.29, 0.717) is 10.9 Å². The quantitative estimate of drug-likeness (QED) is 0.503. The van der Waals surface area contributed by atoms with E-state index < -0.39 is 0 Å². The van der Waals surface area contributed by atoms with E-state index in [0.717, 1.165) is 6.42 Å². The SMILES string of the molecule is CCc1ccc([S+](C)C)cc1C.[CH3-]. The highest BCUT2D eigenvalue weighted by molar-refractivity contribution is 7.95. The Morgan fingerprint density at radius 3 is 2.23 bits per heavy atom. The summed E-state index contributed by atoms with van der Waals surface area (Å²) in [7, 11) is 0.401. The maximum absolute atomic E-state index is 2.32. The topological polar surface area (TPSA) is 0 Å². The predicted molar refractivity (Wildman–Crippen MR) is 64.5 cm³/mol. The minimum absolute atomic E-state index is 0. The van der Waals surface area contributed by atoms with Crippen molar-refractivity contribution in [3.05, 3.63) is 36.8 Å². The molecule has 0 saturated carbocycles. The Morgan fingerprint density at radius 2 is 1.85 bits per heavy atom. The fraction of sp³-hybridized carbons (Fsp3) is 0.417. The molecule has 0 radical (unpaired) electrons. The minimum Gasteiger partial charge on any atom is -0.358 e. The summed E-state index contributed by atoms with van der Waals surface area (Å²) in [6.07, 6.45) is 5.67. The van der Waals surface area contributed by atoms with Crippen LogP contribution in [0.5, 0.6) is 0 Å². The molecule has 13 heavy (non-hydrogen) atoms. The largest absolute Gasteiger partial charge is 0.358 e. The molecule has 0 nitrogen and oxygen atoms in total. The van der Waals surface area contributed by atoms with E-state index in [2.05, 4.69) is 44.6 Å². The van der Waals surface area contributed by atoms with Crippen LogP contribution in [0.3, 0.4) is 0 Å². The Bertz CT molecular complexity index is 264. The van der Waals surface area contributed by atoms with Crippen LogP contribution in [0.1, 0.15) is 18.1 Å². The van der Waals surface area contributed by atoms with E-state index in [9.17, 15) is 0 Å². The molecule has 0 N–H and O–H groups in total. The van der Waals surface area contributed by atoms with Crippen LogP contribution in [0, 0.1) is 14.4 Å². The molecule has 0 amide bonds. The zero-order valence-corrected chi connectivity index (χ0v) is 10.2. The van der Waals surface area contributed by atoms with Crippen molar-refractivity contribution in [2.75, 3.05) is 12.5 Å². The lowest BCUT2D eigenvalue weighted by molar-refractivity contribution is 1.10. The zero-order valence-electron chi connectivity index (χ0n) is 9.35. The van der Waals surface area contributed by atoms with E-state index in [1.54, 1.807) is 0 Å². The standard InChI is InChI=1S/C11H17S.CH3/c1-5-10-6-7-11(12(3)4)8-9(10)2;/h6-8H,5H2,1-4H3;1H3/q+1;-1. The van der Waals surface area contributed by atoms with Crippen LogP contribution < -0.4 is 0 Å². The van der Waals surface area contributed by atoms with Gasteiger partial charge in [-0.15, -0.1) is 0 Å². The summed E-state index contributed by atoms with van der Waals surface area (Å²) in [4.78, 5) is 1.48. The van der Waals surface area contributed by atoms with Crippen molar-refractivity contribution in [1.82, 2.24) is 0 Å². The number of hydrogen-bond donors (Lipinski definition) is 0. The summed E-state index contributed by atoms with van der Waals surface area (Å²) >= 11 is 0. The normalized spacial score (nSPS) is 9.92. The highest BCUT2D eigenvalue weighted by atomic mass is 32.2. The number of hydrogen-bond acceptors (Lipinski definition) is 0. The average Bonchev–Trinajstić information content (AvgIpc) is 2.04. The molecule has 0 unspecified atom stereocenters. The zero-order chi connectivity index (χ0) is 9.14. The molecule has 0 aliphatic rings. The number of rotatable bonds is 2. The summed E-state index contributed by atoms with van der Waals surface area (Å²) in [5, 5.41) is 0. The van der Waals surface area contributed by atoms with Gasteiger partial charge in [0.15, 0.2) is 4.90 Å². The van der Waals surface area contributed by atoms with Gasteiger partial charge in [-0.1, -0.05) is 13.0 Å². The lowest BCUT2D eigenvalue weighted by Gasteiger charge is -2.03. The van der Waals surface area contributed by atoms with Gasteiger partial charge in [0.2, 0.25) is 0 Å². The van der Waals surface area contributed by atoms with Gasteiger partial charge >= 0.3 is 0 Å². The van der Waals surface area contributed by atoms with Gasteiger partial charge in [0, 0.05) is 10.9 Å². The molecule has 0 atom stereocenters. The molecule has 74 valence electrons. The second-order valence-corrected chi connectivity index (χ2v) is 5.36. The van der Waals surface area contributed by atoms with E-state index in [4.69, 9.17) is 0 Å². The fourth-order valence-electron chi connectivity index (χ4n) is 1.32. The summed E-state index contributed by atoms with van der Waals surface area (Å²) in [6, 6.07) is 6.84. The third-order valence-electron chi connectivity index (χ3n) is 2.17. The predicted octanol–water partition coefficient (Wildman–Crippen LogP) is 3.24. The molecule has 0 aliphatic carbocycles. The first-order chi connectivity index (χ1) is 5.65. The Balaban J connectivity index is 0.00000144. The Hall–Kier alpha value is -0.430. The van der Waals surface area contributed by atoms with Gasteiger partial charge in [0.25, 0.3) is 0 Å². The van der Waals surface area contributed by atoms with Crippen LogP contribution in [-0.2, 0) is 17.3 Å². The Kier molecular flexibility index (Phi) is 5.16. The van der Waals surface area contributed by atoms with Gasteiger partial charge < -0.3 is 7.43 Å². The van der Waals surface area contributed by atoms with Crippen molar-refractivity contribution < 1.29 is 0 Å². The Morgan fingerprint density at radius 1 is 1.23 bits per heavy atom. The summed E-state index contributed by atoms with van der Waals surface area (Å²) in [5.41, 5.74) is 2.92. The molecule has 0 aliphatic heterocycles. The summed E-state index contributed by atoms with van der Waals surface area (Å²) in [6.45, 7) is 4.41. The lowest BCUT2D eigenvalue weighted by Crippen LogP contribution is -1.97. The maximum atomic E-state index is 2.32. The Labute approximate surface area is 85.7 Å². The van der Waals surface area contributed by atoms with Crippen molar-refractivity contribution in [3.8, 4) is 0 Å². The molecule has 1 heteroatoms. The second kappa shape index (κ2) is 5.33. The molecule has 0 bridgehead atoms. The molecular formula is C12H20S. The third kappa shape index (κ3) is 3.07. The van der Waals surface area contributed by atoms with E-state index in [1.165, 1.54) is 16.0 Å². The van der Waals surface area contributed by atoms with Gasteiger partial charge in [-0.05, 0) is 36.6 Å². The van der Waals surface area contributed by atoms with Crippen LogP contribution in [0.25, 0.3) is 0 Å². The first-order valence-electron chi connectivity index (χ1n) is 4.32.